The molecule has 3 aromatic rings. The number of piperazine rings is 1. The van der Waals surface area contributed by atoms with Gasteiger partial charge < -0.3 is 25.2 Å². The van der Waals surface area contributed by atoms with Crippen LogP contribution in [0, 0.1) is 6.92 Å². The Morgan fingerprint density at radius 3 is 2.46 bits per heavy atom. The van der Waals surface area contributed by atoms with Gasteiger partial charge in [-0.05, 0) is 36.2 Å². The number of carbonyl (C=O) groups excluding carboxylic acids is 2. The molecule has 35 heavy (non-hydrogen) atoms. The van der Waals surface area contributed by atoms with Gasteiger partial charge in [-0.25, -0.2) is 14.8 Å². The van der Waals surface area contributed by atoms with Crippen LogP contribution >= 0.6 is 0 Å². The van der Waals surface area contributed by atoms with Crippen molar-refractivity contribution >= 4 is 23.6 Å². The van der Waals surface area contributed by atoms with Gasteiger partial charge in [0.05, 0.1) is 5.69 Å². The SMILES string of the molecule is Cc1ccc(NC(=O)NCCC(=O)N2CCN(c3ncccn3)CC2)c(OCc2ccccc2)c1. The fraction of sp³-hybridized carbons (Fsp3) is 0.308. The molecule has 0 saturated carbocycles. The number of aromatic nitrogens is 2. The quantitative estimate of drug-likeness (QED) is 0.520. The second-order valence-corrected chi connectivity index (χ2v) is 8.32. The molecular formula is C26H30N6O3. The van der Waals surface area contributed by atoms with Crippen molar-refractivity contribution < 1.29 is 14.3 Å². The van der Waals surface area contributed by atoms with Gasteiger partial charge in [-0.3, -0.25) is 4.79 Å². The summed E-state index contributed by atoms with van der Waals surface area (Å²) in [6, 6.07) is 16.9. The number of benzene rings is 2. The van der Waals surface area contributed by atoms with Crippen LogP contribution in [0.25, 0.3) is 0 Å². The van der Waals surface area contributed by atoms with E-state index in [-0.39, 0.29) is 24.9 Å². The summed E-state index contributed by atoms with van der Waals surface area (Å²) in [6.45, 7) is 5.20. The van der Waals surface area contributed by atoms with E-state index in [0.717, 1.165) is 11.1 Å². The Kier molecular flexibility index (Phi) is 8.11. The summed E-state index contributed by atoms with van der Waals surface area (Å²) in [7, 11) is 0. The first kappa shape index (κ1) is 24.0. The molecule has 4 rings (SSSR count). The third-order valence-corrected chi connectivity index (χ3v) is 5.71. The minimum absolute atomic E-state index is 0.0150. The highest BCUT2D eigenvalue weighted by atomic mass is 16.5. The Morgan fingerprint density at radius 2 is 1.71 bits per heavy atom. The first-order chi connectivity index (χ1) is 17.1. The van der Waals surface area contributed by atoms with Gasteiger partial charge in [-0.1, -0.05) is 36.4 Å². The Hall–Kier alpha value is -4.14. The average Bonchev–Trinajstić information content (AvgIpc) is 2.90. The molecule has 1 aromatic heterocycles. The van der Waals surface area contributed by atoms with Crippen molar-refractivity contribution in [1.82, 2.24) is 20.2 Å². The standard InChI is InChI=1S/C26H30N6O3/c1-20-8-9-22(23(18-20)35-19-21-6-3-2-4-7-21)30-26(34)29-13-10-24(33)31-14-16-32(17-15-31)25-27-11-5-12-28-25/h2-9,11-12,18H,10,13-17,19H2,1H3,(H2,29,30,34). The van der Waals surface area contributed by atoms with Gasteiger partial charge in [0.15, 0.2) is 0 Å². The summed E-state index contributed by atoms with van der Waals surface area (Å²) in [6.07, 6.45) is 3.66. The van der Waals surface area contributed by atoms with Crippen LogP contribution in [-0.2, 0) is 11.4 Å². The van der Waals surface area contributed by atoms with E-state index < -0.39 is 0 Å². The summed E-state index contributed by atoms with van der Waals surface area (Å²) < 4.78 is 5.95. The predicted octanol–water partition coefficient (Wildman–Crippen LogP) is 3.22. The number of ether oxygens (including phenoxy) is 1. The first-order valence-electron chi connectivity index (χ1n) is 11.7. The molecule has 1 saturated heterocycles. The normalized spacial score (nSPS) is 13.3. The molecule has 1 fully saturated rings. The van der Waals surface area contributed by atoms with Crippen LogP contribution in [0.1, 0.15) is 17.5 Å². The molecule has 9 nitrogen and oxygen atoms in total. The molecule has 0 aliphatic carbocycles. The number of hydrogen-bond acceptors (Lipinski definition) is 6. The maximum Gasteiger partial charge on any atom is 0.319 e. The molecule has 3 amide bonds. The van der Waals surface area contributed by atoms with Gasteiger partial charge in [-0.15, -0.1) is 0 Å². The molecule has 0 bridgehead atoms. The van der Waals surface area contributed by atoms with E-state index in [1.165, 1.54) is 0 Å². The van der Waals surface area contributed by atoms with Crippen LogP contribution in [0.2, 0.25) is 0 Å². The zero-order valence-electron chi connectivity index (χ0n) is 19.8. The second kappa shape index (κ2) is 11.8. The van der Waals surface area contributed by atoms with E-state index in [1.54, 1.807) is 18.5 Å². The zero-order valence-corrected chi connectivity index (χ0v) is 19.8. The number of anilines is 2. The lowest BCUT2D eigenvalue weighted by molar-refractivity contribution is -0.131. The minimum atomic E-state index is -0.378. The third kappa shape index (κ3) is 6.92. The van der Waals surface area contributed by atoms with E-state index in [1.807, 2.05) is 60.4 Å². The molecule has 0 unspecified atom stereocenters. The van der Waals surface area contributed by atoms with Gasteiger partial charge >= 0.3 is 6.03 Å². The highest BCUT2D eigenvalue weighted by molar-refractivity contribution is 5.91. The van der Waals surface area contributed by atoms with Crippen molar-refractivity contribution in [3.8, 4) is 5.75 Å². The molecule has 2 aromatic carbocycles. The van der Waals surface area contributed by atoms with E-state index in [0.29, 0.717) is 50.2 Å². The fourth-order valence-electron chi connectivity index (χ4n) is 3.81. The molecule has 0 atom stereocenters. The maximum absolute atomic E-state index is 12.6. The summed E-state index contributed by atoms with van der Waals surface area (Å²) in [4.78, 5) is 37.4. The third-order valence-electron chi connectivity index (χ3n) is 5.71. The van der Waals surface area contributed by atoms with E-state index in [2.05, 4.69) is 25.5 Å². The van der Waals surface area contributed by atoms with Crippen molar-refractivity contribution in [1.29, 1.82) is 0 Å². The lowest BCUT2D eigenvalue weighted by atomic mass is 10.2. The number of nitrogens with zero attached hydrogens (tertiary/aromatic N) is 4. The average molecular weight is 475 g/mol. The van der Waals surface area contributed by atoms with Gasteiger partial charge in [0.25, 0.3) is 0 Å². The molecule has 1 aliphatic rings. The molecule has 182 valence electrons. The van der Waals surface area contributed by atoms with Crippen molar-refractivity contribution in [3.05, 3.63) is 78.1 Å². The Labute approximate surface area is 205 Å². The molecule has 0 radical (unpaired) electrons. The van der Waals surface area contributed by atoms with Crippen LogP contribution < -0.4 is 20.3 Å². The monoisotopic (exact) mass is 474 g/mol. The van der Waals surface area contributed by atoms with Crippen molar-refractivity contribution in [2.75, 3.05) is 42.9 Å². The molecule has 2 N–H and O–H groups in total. The highest BCUT2D eigenvalue weighted by Gasteiger charge is 2.22. The zero-order chi connectivity index (χ0) is 24.5. The van der Waals surface area contributed by atoms with Crippen molar-refractivity contribution in [3.63, 3.8) is 0 Å². The Bertz CT molecular complexity index is 1120. The van der Waals surface area contributed by atoms with Crippen LogP contribution in [0.3, 0.4) is 0 Å². The number of hydrogen-bond donors (Lipinski definition) is 2. The summed E-state index contributed by atoms with van der Waals surface area (Å²) in [5.41, 5.74) is 2.65. The Morgan fingerprint density at radius 1 is 0.971 bits per heavy atom. The van der Waals surface area contributed by atoms with Gasteiger partial charge in [-0.2, -0.15) is 0 Å². The van der Waals surface area contributed by atoms with Gasteiger partial charge in [0, 0.05) is 51.5 Å². The van der Waals surface area contributed by atoms with Crippen LogP contribution in [0.15, 0.2) is 67.0 Å². The summed E-state index contributed by atoms with van der Waals surface area (Å²) in [5, 5.41) is 5.60. The highest BCUT2D eigenvalue weighted by Crippen LogP contribution is 2.26. The predicted molar refractivity (Wildman–Crippen MR) is 134 cm³/mol. The van der Waals surface area contributed by atoms with Crippen LogP contribution in [0.4, 0.5) is 16.4 Å². The molecule has 2 heterocycles. The number of amides is 3. The van der Waals surface area contributed by atoms with E-state index >= 15 is 0 Å². The van der Waals surface area contributed by atoms with Gasteiger partial charge in [0.2, 0.25) is 11.9 Å². The Balaban J connectivity index is 1.21. The smallest absolute Gasteiger partial charge is 0.319 e. The number of urea groups is 1. The second-order valence-electron chi connectivity index (χ2n) is 8.32. The van der Waals surface area contributed by atoms with Crippen molar-refractivity contribution in [2.24, 2.45) is 0 Å². The summed E-state index contributed by atoms with van der Waals surface area (Å²) >= 11 is 0. The number of rotatable bonds is 8. The summed E-state index contributed by atoms with van der Waals surface area (Å²) in [5.74, 6) is 1.29. The molecule has 9 heteroatoms. The minimum Gasteiger partial charge on any atom is -0.487 e. The van der Waals surface area contributed by atoms with Crippen LogP contribution in [-0.4, -0.2) is 59.5 Å². The molecular weight excluding hydrogens is 444 g/mol. The van der Waals surface area contributed by atoms with E-state index in [4.69, 9.17) is 4.74 Å². The van der Waals surface area contributed by atoms with Gasteiger partial charge in [0.1, 0.15) is 12.4 Å². The lowest BCUT2D eigenvalue weighted by Gasteiger charge is -2.34. The fourth-order valence-corrected chi connectivity index (χ4v) is 3.81. The molecule has 1 aliphatic heterocycles. The first-order valence-corrected chi connectivity index (χ1v) is 11.7. The van der Waals surface area contributed by atoms with Crippen molar-refractivity contribution in [2.45, 2.75) is 20.0 Å². The molecule has 0 spiro atoms. The maximum atomic E-state index is 12.6. The topological polar surface area (TPSA) is 99.7 Å². The lowest BCUT2D eigenvalue weighted by Crippen LogP contribution is -2.49. The number of carbonyl (C=O) groups is 2. The van der Waals surface area contributed by atoms with E-state index in [9.17, 15) is 9.59 Å². The number of aryl methyl sites for hydroxylation is 1. The van der Waals surface area contributed by atoms with Crippen LogP contribution in [0.5, 0.6) is 5.75 Å². The number of nitrogens with one attached hydrogen (secondary N) is 2. The largest absolute Gasteiger partial charge is 0.487 e.